The van der Waals surface area contributed by atoms with Gasteiger partial charge in [0.2, 0.25) is 0 Å². The van der Waals surface area contributed by atoms with Crippen LogP contribution in [0.2, 0.25) is 0 Å². The van der Waals surface area contributed by atoms with E-state index in [1.807, 2.05) is 54.6 Å². The van der Waals surface area contributed by atoms with E-state index in [0.29, 0.717) is 5.56 Å². The molecule has 2 heteroatoms. The lowest BCUT2D eigenvalue weighted by Gasteiger charge is -2.20. The Bertz CT molecular complexity index is 1140. The summed E-state index contributed by atoms with van der Waals surface area (Å²) in [5.74, 6) is -0.679. The van der Waals surface area contributed by atoms with Crippen molar-refractivity contribution in [2.24, 2.45) is 0 Å². The second kappa shape index (κ2) is 7.32. The lowest BCUT2D eigenvalue weighted by molar-refractivity contribution is 0.0698. The molecule has 0 amide bonds. The molecule has 0 aliphatic heterocycles. The lowest BCUT2D eigenvalue weighted by Crippen LogP contribution is -2.04. The highest BCUT2D eigenvalue weighted by molar-refractivity contribution is 6.14. The third kappa shape index (κ3) is 3.07. The number of carbonyl (C=O) groups is 1. The number of rotatable bonds is 4. The fourth-order valence-corrected chi connectivity index (χ4v) is 3.91. The van der Waals surface area contributed by atoms with E-state index in [1.165, 1.54) is 0 Å². The van der Waals surface area contributed by atoms with Crippen molar-refractivity contribution in [1.82, 2.24) is 0 Å². The highest BCUT2D eigenvalue weighted by Gasteiger charge is 2.21. The van der Waals surface area contributed by atoms with Crippen LogP contribution >= 0.6 is 0 Å². The Balaban J connectivity index is 2.23. The number of hydrogen-bond acceptors (Lipinski definition) is 1. The van der Waals surface area contributed by atoms with Gasteiger partial charge in [0.15, 0.2) is 0 Å². The summed E-state index contributed by atoms with van der Waals surface area (Å²) >= 11 is 0. The molecule has 2 nitrogen and oxygen atoms in total. The Morgan fingerprint density at radius 1 is 0.786 bits per heavy atom. The maximum absolute atomic E-state index is 12.3. The van der Waals surface area contributed by atoms with Crippen LogP contribution in [0.1, 0.15) is 35.7 Å². The van der Waals surface area contributed by atoms with Gasteiger partial charge in [0.25, 0.3) is 0 Å². The summed E-state index contributed by atoms with van der Waals surface area (Å²) in [5, 5.41) is 12.2. The topological polar surface area (TPSA) is 37.3 Å². The Hall–Kier alpha value is -3.39. The van der Waals surface area contributed by atoms with Crippen LogP contribution in [0.3, 0.4) is 0 Å². The molecule has 1 N–H and O–H groups in total. The van der Waals surface area contributed by atoms with Gasteiger partial charge in [0, 0.05) is 5.56 Å². The molecule has 0 atom stereocenters. The van der Waals surface area contributed by atoms with E-state index in [1.54, 1.807) is 0 Å². The van der Waals surface area contributed by atoms with Gasteiger partial charge in [-0.3, -0.25) is 0 Å². The molecule has 4 aromatic carbocycles. The van der Waals surface area contributed by atoms with Crippen molar-refractivity contribution in [2.45, 2.75) is 19.8 Å². The average molecular weight is 366 g/mol. The van der Waals surface area contributed by atoms with Crippen molar-refractivity contribution in [3.05, 3.63) is 96.1 Å². The van der Waals surface area contributed by atoms with Crippen molar-refractivity contribution < 1.29 is 9.90 Å². The molecular formula is C26H22O2. The van der Waals surface area contributed by atoms with E-state index in [4.69, 9.17) is 0 Å². The minimum absolute atomic E-state index is 0.219. The molecule has 0 spiro atoms. The van der Waals surface area contributed by atoms with E-state index >= 15 is 0 Å². The number of aromatic carboxylic acids is 1. The van der Waals surface area contributed by atoms with Crippen LogP contribution in [0, 0.1) is 0 Å². The molecule has 0 fully saturated rings. The molecular weight excluding hydrogens is 344 g/mol. The first-order valence-electron chi connectivity index (χ1n) is 9.51. The highest BCUT2D eigenvalue weighted by atomic mass is 16.4. The summed E-state index contributed by atoms with van der Waals surface area (Å²) in [6.07, 6.45) is 0. The van der Waals surface area contributed by atoms with Gasteiger partial charge in [-0.2, -0.15) is 0 Å². The zero-order valence-electron chi connectivity index (χ0n) is 16.0. The highest BCUT2D eigenvalue weighted by Crippen LogP contribution is 2.42. The van der Waals surface area contributed by atoms with Crippen LogP contribution in [0.15, 0.2) is 84.9 Å². The predicted octanol–water partition coefficient (Wildman–Crippen LogP) is 7.00. The van der Waals surface area contributed by atoms with E-state index < -0.39 is 5.97 Å². The first-order valence-corrected chi connectivity index (χ1v) is 9.51. The number of carboxylic acids is 1. The molecule has 0 saturated heterocycles. The van der Waals surface area contributed by atoms with Crippen molar-refractivity contribution in [3.63, 3.8) is 0 Å². The number of carboxylic acid groups (broad SMARTS) is 1. The summed E-state index contributed by atoms with van der Waals surface area (Å²) in [5.41, 5.74) is 5.26. The molecule has 0 aliphatic rings. The van der Waals surface area contributed by atoms with Gasteiger partial charge in [-0.25, -0.2) is 4.79 Å². The first-order chi connectivity index (χ1) is 13.6. The molecule has 0 aliphatic carbocycles. The van der Waals surface area contributed by atoms with Crippen molar-refractivity contribution in [3.8, 4) is 22.3 Å². The maximum atomic E-state index is 12.3. The smallest absolute Gasteiger partial charge is 0.336 e. The predicted molar refractivity (Wildman–Crippen MR) is 116 cm³/mol. The van der Waals surface area contributed by atoms with Gasteiger partial charge in [-0.1, -0.05) is 92.7 Å². The minimum atomic E-state index is -0.898. The molecule has 0 saturated carbocycles. The van der Waals surface area contributed by atoms with E-state index in [0.717, 1.165) is 38.6 Å². The van der Waals surface area contributed by atoms with Gasteiger partial charge in [-0.05, 0) is 45.0 Å². The van der Waals surface area contributed by atoms with Crippen LogP contribution in [-0.4, -0.2) is 11.1 Å². The quantitative estimate of drug-likeness (QED) is 0.422. The SMILES string of the molecule is CC(C)c1cc(C(=O)O)c(-c2ccccc2)c2c(-c3ccccc3)cccc12. The number of fused-ring (bicyclic) bond motifs is 1. The third-order valence-electron chi connectivity index (χ3n) is 5.19. The Morgan fingerprint density at radius 2 is 1.39 bits per heavy atom. The summed E-state index contributed by atoms with van der Waals surface area (Å²) in [6.45, 7) is 4.22. The Morgan fingerprint density at radius 3 is 1.96 bits per heavy atom. The standard InChI is InChI=1S/C26H22O2/c1-17(2)22-16-23(26(27)28)24(19-12-7-4-8-13-19)25-20(14-9-15-21(22)25)18-10-5-3-6-11-18/h3-17H,1-2H3,(H,27,28). The molecule has 0 radical (unpaired) electrons. The zero-order valence-corrected chi connectivity index (χ0v) is 16.0. The molecule has 0 bridgehead atoms. The Labute approximate surface area is 165 Å². The average Bonchev–Trinajstić information content (AvgIpc) is 2.73. The minimum Gasteiger partial charge on any atom is -0.478 e. The van der Waals surface area contributed by atoms with Gasteiger partial charge >= 0.3 is 5.97 Å². The molecule has 4 rings (SSSR count). The monoisotopic (exact) mass is 366 g/mol. The van der Waals surface area contributed by atoms with Gasteiger partial charge in [0.1, 0.15) is 0 Å². The molecule has 0 unspecified atom stereocenters. The first kappa shape index (κ1) is 18.0. The summed E-state index contributed by atoms with van der Waals surface area (Å²) < 4.78 is 0. The van der Waals surface area contributed by atoms with Crippen LogP contribution in [0.4, 0.5) is 0 Å². The fourth-order valence-electron chi connectivity index (χ4n) is 3.91. The summed E-state index contributed by atoms with van der Waals surface area (Å²) in [6, 6.07) is 28.1. The summed E-state index contributed by atoms with van der Waals surface area (Å²) in [4.78, 5) is 12.3. The summed E-state index contributed by atoms with van der Waals surface area (Å²) in [7, 11) is 0. The number of benzene rings is 4. The van der Waals surface area contributed by atoms with Crippen molar-refractivity contribution in [2.75, 3.05) is 0 Å². The van der Waals surface area contributed by atoms with Crippen LogP contribution in [0.5, 0.6) is 0 Å². The van der Waals surface area contributed by atoms with Gasteiger partial charge < -0.3 is 5.11 Å². The van der Waals surface area contributed by atoms with Crippen LogP contribution < -0.4 is 0 Å². The second-order valence-electron chi connectivity index (χ2n) is 7.31. The number of hydrogen-bond donors (Lipinski definition) is 1. The lowest BCUT2D eigenvalue weighted by atomic mass is 9.83. The largest absolute Gasteiger partial charge is 0.478 e. The molecule has 4 aromatic rings. The van der Waals surface area contributed by atoms with E-state index in [9.17, 15) is 9.90 Å². The third-order valence-corrected chi connectivity index (χ3v) is 5.19. The van der Waals surface area contributed by atoms with Crippen LogP contribution in [-0.2, 0) is 0 Å². The fraction of sp³-hybridized carbons (Fsp3) is 0.115. The molecule has 0 aromatic heterocycles. The molecule has 28 heavy (non-hydrogen) atoms. The van der Waals surface area contributed by atoms with Crippen LogP contribution in [0.25, 0.3) is 33.0 Å². The van der Waals surface area contributed by atoms with Gasteiger partial charge in [0.05, 0.1) is 5.56 Å². The van der Waals surface area contributed by atoms with Gasteiger partial charge in [-0.15, -0.1) is 0 Å². The second-order valence-corrected chi connectivity index (χ2v) is 7.31. The van der Waals surface area contributed by atoms with E-state index in [2.05, 4.69) is 44.2 Å². The van der Waals surface area contributed by atoms with E-state index in [-0.39, 0.29) is 5.92 Å². The normalized spacial score (nSPS) is 11.1. The van der Waals surface area contributed by atoms with Crippen molar-refractivity contribution >= 4 is 16.7 Å². The maximum Gasteiger partial charge on any atom is 0.336 e. The molecule has 0 heterocycles. The zero-order chi connectivity index (χ0) is 19.7. The van der Waals surface area contributed by atoms with Crippen molar-refractivity contribution in [1.29, 1.82) is 0 Å². The molecule has 138 valence electrons. The Kier molecular flexibility index (Phi) is 4.70.